The Hall–Kier alpha value is -2.86. The minimum Gasteiger partial charge on any atom is -0.480 e. The first kappa shape index (κ1) is 50.1. The number of unbranched alkanes of at least 4 members (excludes halogenated alkanes) is 11. The highest BCUT2D eigenvalue weighted by Crippen LogP contribution is 2.43. The van der Waals surface area contributed by atoms with E-state index in [1.165, 1.54) is 32.1 Å². The minimum atomic E-state index is -4.75. The standard InChI is InChI=1S/C40H68NO11P/c1-3-5-7-9-11-13-14-16-18-22-27-31-39(44)52-36(33-50-53(47,48)51-34-37(41)40(45)46)32-49-38(43)30-26-23-19-21-25-29-35(42)28-24-20-17-15-12-10-8-6-4-2/h9,11-12,15,19-21,24-25,29,35-37,42H,3-8,10,13-14,16-18,22-23,26-28,30-34,41H2,1-2H3,(H,45,46)(H,47,48)/b11-9-,15-12-,21-19+,24-20-,29-25-/t35?,36-,37+/m1/s1. The van der Waals surface area contributed by atoms with Crippen LogP contribution in [0, 0.1) is 0 Å². The minimum absolute atomic E-state index is 0.0826. The van der Waals surface area contributed by atoms with E-state index in [2.05, 4.69) is 42.7 Å². The molecule has 0 rings (SSSR count). The molecule has 0 fully saturated rings. The number of phosphoric acid groups is 1. The van der Waals surface area contributed by atoms with E-state index in [1.54, 1.807) is 18.2 Å². The molecule has 53 heavy (non-hydrogen) atoms. The van der Waals surface area contributed by atoms with Gasteiger partial charge in [0.05, 0.1) is 19.3 Å². The Morgan fingerprint density at radius 3 is 1.98 bits per heavy atom. The van der Waals surface area contributed by atoms with Gasteiger partial charge < -0.3 is 30.3 Å². The van der Waals surface area contributed by atoms with Crippen LogP contribution in [0.5, 0.6) is 0 Å². The molecule has 4 atom stereocenters. The van der Waals surface area contributed by atoms with Gasteiger partial charge in [0, 0.05) is 12.8 Å². The van der Waals surface area contributed by atoms with E-state index in [4.69, 9.17) is 24.8 Å². The summed E-state index contributed by atoms with van der Waals surface area (Å²) in [5.41, 5.74) is 5.30. The van der Waals surface area contributed by atoms with Crippen molar-refractivity contribution in [1.82, 2.24) is 0 Å². The molecule has 0 saturated heterocycles. The summed E-state index contributed by atoms with van der Waals surface area (Å²) in [6.45, 7) is 2.54. The molecule has 0 aliphatic carbocycles. The number of carbonyl (C=O) groups is 3. The zero-order valence-corrected chi connectivity index (χ0v) is 33.1. The zero-order valence-electron chi connectivity index (χ0n) is 32.2. The maximum Gasteiger partial charge on any atom is 0.472 e. The fourth-order valence-electron chi connectivity index (χ4n) is 4.65. The third-order valence-corrected chi connectivity index (χ3v) is 8.77. The van der Waals surface area contributed by atoms with Crippen LogP contribution in [0.1, 0.15) is 136 Å². The predicted molar refractivity (Wildman–Crippen MR) is 209 cm³/mol. The van der Waals surface area contributed by atoms with Gasteiger partial charge in [0.1, 0.15) is 12.6 Å². The Labute approximate surface area is 318 Å². The van der Waals surface area contributed by atoms with E-state index in [0.717, 1.165) is 51.4 Å². The summed E-state index contributed by atoms with van der Waals surface area (Å²) in [5, 5.41) is 18.9. The van der Waals surface area contributed by atoms with Gasteiger partial charge in [-0.05, 0) is 64.2 Å². The molecule has 5 N–H and O–H groups in total. The largest absolute Gasteiger partial charge is 0.480 e. The number of hydrogen-bond acceptors (Lipinski definition) is 10. The van der Waals surface area contributed by atoms with Crippen molar-refractivity contribution in [2.45, 2.75) is 154 Å². The Bertz CT molecular complexity index is 1150. The number of aliphatic carboxylic acids is 1. The maximum absolute atomic E-state index is 12.5. The number of phosphoric ester groups is 1. The van der Waals surface area contributed by atoms with Gasteiger partial charge in [-0.1, -0.05) is 120 Å². The summed E-state index contributed by atoms with van der Waals surface area (Å²) < 4.78 is 32.4. The van der Waals surface area contributed by atoms with Crippen LogP contribution in [0.15, 0.2) is 60.8 Å². The number of nitrogens with two attached hydrogens (primary N) is 1. The molecular formula is C40H68NO11P. The molecule has 0 spiro atoms. The number of esters is 2. The number of aliphatic hydroxyl groups excluding tert-OH is 1. The molecule has 0 aromatic rings. The van der Waals surface area contributed by atoms with E-state index in [-0.39, 0.29) is 12.8 Å². The first-order chi connectivity index (χ1) is 25.5. The van der Waals surface area contributed by atoms with Gasteiger partial charge in [-0.25, -0.2) is 4.57 Å². The summed E-state index contributed by atoms with van der Waals surface area (Å²) in [6, 6.07) is -1.54. The molecule has 304 valence electrons. The average Bonchev–Trinajstić information content (AvgIpc) is 3.12. The molecule has 0 aliphatic rings. The van der Waals surface area contributed by atoms with E-state index < -0.39 is 63.8 Å². The highest BCUT2D eigenvalue weighted by molar-refractivity contribution is 7.47. The second-order valence-electron chi connectivity index (χ2n) is 12.9. The van der Waals surface area contributed by atoms with Gasteiger partial charge in [0.2, 0.25) is 0 Å². The number of hydrogen-bond donors (Lipinski definition) is 4. The van der Waals surface area contributed by atoms with Crippen LogP contribution in [0.3, 0.4) is 0 Å². The molecule has 0 bridgehead atoms. The molecule has 0 radical (unpaired) electrons. The van der Waals surface area contributed by atoms with Crippen molar-refractivity contribution in [3.05, 3.63) is 60.8 Å². The molecule has 0 aromatic heterocycles. The Morgan fingerprint density at radius 1 is 0.679 bits per heavy atom. The van der Waals surface area contributed by atoms with E-state index >= 15 is 0 Å². The van der Waals surface area contributed by atoms with Gasteiger partial charge >= 0.3 is 25.7 Å². The van der Waals surface area contributed by atoms with Crippen LogP contribution in [-0.4, -0.2) is 71.1 Å². The second-order valence-corrected chi connectivity index (χ2v) is 14.4. The summed E-state index contributed by atoms with van der Waals surface area (Å²) in [4.78, 5) is 45.7. The highest BCUT2D eigenvalue weighted by atomic mass is 31.2. The molecule has 0 aliphatic heterocycles. The molecule has 13 heteroatoms. The number of rotatable bonds is 35. The van der Waals surface area contributed by atoms with Crippen molar-refractivity contribution in [3.8, 4) is 0 Å². The van der Waals surface area contributed by atoms with Crippen molar-refractivity contribution in [3.63, 3.8) is 0 Å². The lowest BCUT2D eigenvalue weighted by Crippen LogP contribution is -2.34. The first-order valence-corrected chi connectivity index (χ1v) is 20.9. The van der Waals surface area contributed by atoms with E-state index in [1.807, 2.05) is 18.2 Å². The lowest BCUT2D eigenvalue weighted by molar-refractivity contribution is -0.161. The number of carboxylic acid groups (broad SMARTS) is 1. The van der Waals surface area contributed by atoms with Crippen molar-refractivity contribution in [1.29, 1.82) is 0 Å². The Balaban J connectivity index is 4.62. The summed E-state index contributed by atoms with van der Waals surface area (Å²) in [7, 11) is -4.75. The normalized spacial score (nSPS) is 15.1. The van der Waals surface area contributed by atoms with Crippen molar-refractivity contribution in [2.24, 2.45) is 5.73 Å². The number of aliphatic hydroxyl groups is 1. The number of ether oxygens (including phenoxy) is 2. The number of carbonyl (C=O) groups excluding carboxylic acids is 2. The quantitative estimate of drug-likeness (QED) is 0.0158. The molecule has 0 saturated carbocycles. The third-order valence-electron chi connectivity index (χ3n) is 7.82. The molecular weight excluding hydrogens is 701 g/mol. The maximum atomic E-state index is 12.5. The second kappa shape index (κ2) is 34.9. The zero-order chi connectivity index (χ0) is 39.4. The van der Waals surface area contributed by atoms with Gasteiger partial charge in [0.15, 0.2) is 6.10 Å². The topological polar surface area (TPSA) is 192 Å². The van der Waals surface area contributed by atoms with Crippen LogP contribution in [-0.2, 0) is 37.5 Å². The lowest BCUT2D eigenvalue weighted by atomic mass is 10.1. The lowest BCUT2D eigenvalue weighted by Gasteiger charge is -2.20. The highest BCUT2D eigenvalue weighted by Gasteiger charge is 2.28. The molecule has 12 nitrogen and oxygen atoms in total. The SMILES string of the molecule is CCCC/C=C\CCCCCCCC(=O)O[C@H](COC(=O)CCC/C=C/C=C\C(O)C/C=C\C/C=C\CCCCC)COP(=O)(O)OC[C@H](N)C(=O)O. The molecule has 0 heterocycles. The van der Waals surface area contributed by atoms with Crippen molar-refractivity contribution in [2.75, 3.05) is 19.8 Å². The summed E-state index contributed by atoms with van der Waals surface area (Å²) in [5.74, 6) is -2.55. The number of carboxylic acids is 1. The Kier molecular flexibility index (Phi) is 33.0. The van der Waals surface area contributed by atoms with Crippen LogP contribution in [0.4, 0.5) is 0 Å². The van der Waals surface area contributed by atoms with Gasteiger partial charge in [-0.15, -0.1) is 0 Å². The van der Waals surface area contributed by atoms with Crippen LogP contribution in [0.2, 0.25) is 0 Å². The smallest absolute Gasteiger partial charge is 0.472 e. The molecule has 2 unspecified atom stereocenters. The molecule has 0 amide bonds. The van der Waals surface area contributed by atoms with Crippen LogP contribution in [0.25, 0.3) is 0 Å². The van der Waals surface area contributed by atoms with E-state index in [0.29, 0.717) is 25.7 Å². The van der Waals surface area contributed by atoms with Crippen molar-refractivity contribution >= 4 is 25.7 Å². The molecule has 0 aromatic carbocycles. The van der Waals surface area contributed by atoms with Crippen molar-refractivity contribution < 1.29 is 52.6 Å². The predicted octanol–water partition coefficient (Wildman–Crippen LogP) is 8.58. The fraction of sp³-hybridized carbons (Fsp3) is 0.675. The average molecular weight is 770 g/mol. The van der Waals surface area contributed by atoms with Crippen LogP contribution >= 0.6 is 7.82 Å². The van der Waals surface area contributed by atoms with Crippen LogP contribution < -0.4 is 5.73 Å². The fourth-order valence-corrected chi connectivity index (χ4v) is 5.42. The third kappa shape index (κ3) is 34.6. The monoisotopic (exact) mass is 769 g/mol. The van der Waals surface area contributed by atoms with Gasteiger partial charge in [-0.2, -0.15) is 0 Å². The van der Waals surface area contributed by atoms with Gasteiger partial charge in [-0.3, -0.25) is 23.4 Å². The van der Waals surface area contributed by atoms with E-state index in [9.17, 15) is 28.9 Å². The van der Waals surface area contributed by atoms with Gasteiger partial charge in [0.25, 0.3) is 0 Å². The number of allylic oxidation sites excluding steroid dienone is 8. The summed E-state index contributed by atoms with van der Waals surface area (Å²) >= 11 is 0. The Morgan fingerprint density at radius 2 is 1.26 bits per heavy atom. The first-order valence-electron chi connectivity index (χ1n) is 19.4. The summed E-state index contributed by atoms with van der Waals surface area (Å²) in [6.07, 6.45) is 34.7.